The van der Waals surface area contributed by atoms with Crippen molar-refractivity contribution in [3.63, 3.8) is 0 Å². The first-order valence-corrected chi connectivity index (χ1v) is 7.33. The highest BCUT2D eigenvalue weighted by Gasteiger charge is 2.25. The Hall–Kier alpha value is -1.07. The van der Waals surface area contributed by atoms with Crippen LogP contribution in [0.5, 0.6) is 0 Å². The van der Waals surface area contributed by atoms with Crippen molar-refractivity contribution in [2.75, 3.05) is 18.0 Å². The van der Waals surface area contributed by atoms with Crippen molar-refractivity contribution in [3.05, 3.63) is 28.2 Å². The number of hydrogen-bond donors (Lipinski definition) is 2. The lowest BCUT2D eigenvalue weighted by Gasteiger charge is -2.24. The summed E-state index contributed by atoms with van der Waals surface area (Å²) in [5, 5.41) is 2.98. The number of hydrogen-bond acceptors (Lipinski definition) is 3. The number of carbonyl (C=O) groups excluding carboxylic acids is 1. The largest absolute Gasteiger partial charge is 0.369 e. The molecule has 1 fully saturated rings. The summed E-state index contributed by atoms with van der Waals surface area (Å²) >= 11 is 3.51. The number of anilines is 1. The minimum Gasteiger partial charge on any atom is -0.369 e. The van der Waals surface area contributed by atoms with E-state index < -0.39 is 0 Å². The van der Waals surface area contributed by atoms with Crippen molar-refractivity contribution >= 4 is 27.5 Å². The molecule has 5 heteroatoms. The van der Waals surface area contributed by atoms with Crippen molar-refractivity contribution in [1.29, 1.82) is 0 Å². The lowest BCUT2D eigenvalue weighted by molar-refractivity contribution is -0.119. The first-order chi connectivity index (χ1) is 8.97. The third-order valence-electron chi connectivity index (χ3n) is 3.42. The summed E-state index contributed by atoms with van der Waals surface area (Å²) in [4.78, 5) is 13.4. The van der Waals surface area contributed by atoms with Gasteiger partial charge in [-0.2, -0.15) is 0 Å². The second-order valence-electron chi connectivity index (χ2n) is 5.12. The molecule has 0 bridgehead atoms. The molecule has 1 aromatic carbocycles. The molecule has 1 aromatic rings. The van der Waals surface area contributed by atoms with Gasteiger partial charge in [-0.05, 0) is 31.0 Å². The van der Waals surface area contributed by atoms with Gasteiger partial charge in [0.2, 0.25) is 5.91 Å². The molecule has 1 aliphatic heterocycles. The first kappa shape index (κ1) is 14.3. The molecule has 3 N–H and O–H groups in total. The van der Waals surface area contributed by atoms with Gasteiger partial charge in [0.05, 0.1) is 0 Å². The zero-order chi connectivity index (χ0) is 14.0. The number of nitrogens with one attached hydrogen (secondary N) is 1. The van der Waals surface area contributed by atoms with Gasteiger partial charge < -0.3 is 16.0 Å². The lowest BCUT2D eigenvalue weighted by atomic mass is 10.1. The van der Waals surface area contributed by atoms with E-state index in [9.17, 15) is 4.79 Å². The van der Waals surface area contributed by atoms with Crippen LogP contribution < -0.4 is 16.0 Å². The molecule has 1 amide bonds. The summed E-state index contributed by atoms with van der Waals surface area (Å²) in [6.45, 7) is 5.35. The number of nitrogens with zero attached hydrogens (tertiary/aromatic N) is 1. The lowest BCUT2D eigenvalue weighted by Crippen LogP contribution is -2.35. The van der Waals surface area contributed by atoms with E-state index >= 15 is 0 Å². The SMILES string of the molecule is CC(=O)NC1CCN(c2cc(Br)ccc2C(C)N)C1. The maximum absolute atomic E-state index is 11.1. The molecule has 1 saturated heterocycles. The predicted molar refractivity (Wildman–Crippen MR) is 81.2 cm³/mol. The van der Waals surface area contributed by atoms with Crippen molar-refractivity contribution in [2.45, 2.75) is 32.4 Å². The van der Waals surface area contributed by atoms with Crippen LogP contribution in [0.2, 0.25) is 0 Å². The first-order valence-electron chi connectivity index (χ1n) is 6.54. The van der Waals surface area contributed by atoms with Crippen molar-refractivity contribution < 1.29 is 4.79 Å². The molecular weight excluding hydrogens is 306 g/mol. The van der Waals surface area contributed by atoms with Crippen LogP contribution in [0, 0.1) is 0 Å². The summed E-state index contributed by atoms with van der Waals surface area (Å²) in [7, 11) is 0. The third kappa shape index (κ3) is 3.48. The van der Waals surface area contributed by atoms with E-state index in [1.807, 2.05) is 13.0 Å². The Kier molecular flexibility index (Phi) is 4.47. The Bertz CT molecular complexity index is 476. The second kappa shape index (κ2) is 5.92. The monoisotopic (exact) mass is 325 g/mol. The van der Waals surface area contributed by atoms with Crippen molar-refractivity contribution in [1.82, 2.24) is 5.32 Å². The standard InChI is InChI=1S/C14H20BrN3O/c1-9(16)13-4-3-11(15)7-14(13)18-6-5-12(8-18)17-10(2)19/h3-4,7,9,12H,5-6,8,16H2,1-2H3,(H,17,19). The molecular formula is C14H20BrN3O. The quantitative estimate of drug-likeness (QED) is 0.895. The van der Waals surface area contributed by atoms with Crippen molar-refractivity contribution in [3.8, 4) is 0 Å². The van der Waals surface area contributed by atoms with Crippen molar-refractivity contribution in [2.24, 2.45) is 5.73 Å². The van der Waals surface area contributed by atoms with E-state index in [1.54, 1.807) is 6.92 Å². The highest BCUT2D eigenvalue weighted by molar-refractivity contribution is 9.10. The number of halogens is 1. The molecule has 0 saturated carbocycles. The van der Waals surface area contributed by atoms with Crippen LogP contribution in [0.3, 0.4) is 0 Å². The maximum atomic E-state index is 11.1. The Balaban J connectivity index is 2.18. The fourth-order valence-corrected chi connectivity index (χ4v) is 2.91. The number of rotatable bonds is 3. The number of benzene rings is 1. The van der Waals surface area contributed by atoms with Gasteiger partial charge in [-0.1, -0.05) is 22.0 Å². The van der Waals surface area contributed by atoms with Crippen LogP contribution in [0.15, 0.2) is 22.7 Å². The second-order valence-corrected chi connectivity index (χ2v) is 6.04. The van der Waals surface area contributed by atoms with Crippen LogP contribution in [0.1, 0.15) is 31.9 Å². The van der Waals surface area contributed by atoms with E-state index in [0.29, 0.717) is 0 Å². The van der Waals surface area contributed by atoms with Gasteiger partial charge in [-0.15, -0.1) is 0 Å². The zero-order valence-corrected chi connectivity index (χ0v) is 12.9. The summed E-state index contributed by atoms with van der Waals surface area (Å²) in [5.74, 6) is 0.0357. The van der Waals surface area contributed by atoms with E-state index in [0.717, 1.165) is 35.2 Å². The average molecular weight is 326 g/mol. The Morgan fingerprint density at radius 3 is 2.95 bits per heavy atom. The van der Waals surface area contributed by atoms with Crippen LogP contribution >= 0.6 is 15.9 Å². The molecule has 2 rings (SSSR count). The van der Waals surface area contributed by atoms with Gasteiger partial charge >= 0.3 is 0 Å². The van der Waals surface area contributed by atoms with Gasteiger partial charge in [0.25, 0.3) is 0 Å². The minimum absolute atomic E-state index is 0.00270. The van der Waals surface area contributed by atoms with E-state index in [1.165, 1.54) is 0 Å². The summed E-state index contributed by atoms with van der Waals surface area (Å²) in [6.07, 6.45) is 0.977. The van der Waals surface area contributed by atoms with E-state index in [-0.39, 0.29) is 18.0 Å². The van der Waals surface area contributed by atoms with Gasteiger partial charge in [-0.3, -0.25) is 4.79 Å². The minimum atomic E-state index is 0.00270. The molecule has 1 heterocycles. The highest BCUT2D eigenvalue weighted by atomic mass is 79.9. The van der Waals surface area contributed by atoms with Crippen LogP contribution in [-0.4, -0.2) is 25.0 Å². The highest BCUT2D eigenvalue weighted by Crippen LogP contribution is 2.31. The maximum Gasteiger partial charge on any atom is 0.217 e. The Morgan fingerprint density at radius 2 is 2.32 bits per heavy atom. The fraction of sp³-hybridized carbons (Fsp3) is 0.500. The van der Waals surface area contributed by atoms with Gasteiger partial charge in [-0.25, -0.2) is 0 Å². The Morgan fingerprint density at radius 1 is 1.58 bits per heavy atom. The summed E-state index contributed by atoms with van der Waals surface area (Å²) in [6, 6.07) is 6.43. The number of carbonyl (C=O) groups is 1. The molecule has 2 unspecified atom stereocenters. The van der Waals surface area contributed by atoms with E-state index in [4.69, 9.17) is 5.73 Å². The molecule has 104 valence electrons. The molecule has 0 aromatic heterocycles. The van der Waals surface area contributed by atoms with Crippen LogP contribution in [0.4, 0.5) is 5.69 Å². The normalized spacial score (nSPS) is 20.4. The zero-order valence-electron chi connectivity index (χ0n) is 11.3. The molecule has 0 radical (unpaired) electrons. The fourth-order valence-electron chi connectivity index (χ4n) is 2.56. The summed E-state index contributed by atoms with van der Waals surface area (Å²) in [5.41, 5.74) is 8.35. The third-order valence-corrected chi connectivity index (χ3v) is 3.91. The number of nitrogens with two attached hydrogens (primary N) is 1. The predicted octanol–water partition coefficient (Wildman–Crippen LogP) is 2.18. The van der Waals surface area contributed by atoms with Crippen LogP contribution in [-0.2, 0) is 4.79 Å². The number of amides is 1. The van der Waals surface area contributed by atoms with E-state index in [2.05, 4.69) is 38.3 Å². The molecule has 19 heavy (non-hydrogen) atoms. The average Bonchev–Trinajstić information content (AvgIpc) is 2.75. The van der Waals surface area contributed by atoms with Gasteiger partial charge in [0.15, 0.2) is 0 Å². The summed E-state index contributed by atoms with van der Waals surface area (Å²) < 4.78 is 1.05. The van der Waals surface area contributed by atoms with Crippen LogP contribution in [0.25, 0.3) is 0 Å². The topological polar surface area (TPSA) is 58.4 Å². The molecule has 4 nitrogen and oxygen atoms in total. The smallest absolute Gasteiger partial charge is 0.217 e. The molecule has 0 aliphatic carbocycles. The molecule has 2 atom stereocenters. The molecule has 0 spiro atoms. The Labute approximate surface area is 122 Å². The molecule has 1 aliphatic rings. The van der Waals surface area contributed by atoms with Gasteiger partial charge in [0, 0.05) is 42.3 Å². The van der Waals surface area contributed by atoms with Gasteiger partial charge in [0.1, 0.15) is 0 Å².